The highest BCUT2D eigenvalue weighted by molar-refractivity contribution is 5.62. The van der Waals surface area contributed by atoms with E-state index in [4.69, 9.17) is 9.47 Å². The highest BCUT2D eigenvalue weighted by Gasteiger charge is 2.19. The minimum Gasteiger partial charge on any atom is -0.497 e. The molecule has 0 saturated heterocycles. The first-order chi connectivity index (χ1) is 9.80. The molecule has 1 aliphatic heterocycles. The van der Waals surface area contributed by atoms with Crippen molar-refractivity contribution in [1.29, 1.82) is 0 Å². The van der Waals surface area contributed by atoms with Crippen LogP contribution >= 0.6 is 0 Å². The maximum absolute atomic E-state index is 5.70. The standard InChI is InChI=1S/C15H19N3O2/c1-3-18-11-12(9-16-18)10-17-6-7-20-15-5-4-13(19-2)8-14(15)17/h4-5,8-9,11H,3,6-7,10H2,1-2H3. The number of aromatic nitrogens is 2. The average molecular weight is 273 g/mol. The number of hydrogen-bond acceptors (Lipinski definition) is 4. The summed E-state index contributed by atoms with van der Waals surface area (Å²) in [5.41, 5.74) is 2.29. The van der Waals surface area contributed by atoms with Crippen molar-refractivity contribution in [2.24, 2.45) is 0 Å². The minimum atomic E-state index is 0.710. The highest BCUT2D eigenvalue weighted by Crippen LogP contribution is 2.35. The first-order valence-electron chi connectivity index (χ1n) is 6.87. The van der Waals surface area contributed by atoms with E-state index in [0.29, 0.717) is 6.61 Å². The molecule has 1 aromatic carbocycles. The Bertz CT molecular complexity index is 595. The molecule has 0 N–H and O–H groups in total. The molecule has 5 nitrogen and oxygen atoms in total. The molecule has 2 heterocycles. The zero-order chi connectivity index (χ0) is 13.9. The van der Waals surface area contributed by atoms with Gasteiger partial charge < -0.3 is 14.4 Å². The summed E-state index contributed by atoms with van der Waals surface area (Å²) >= 11 is 0. The molecular weight excluding hydrogens is 254 g/mol. The predicted octanol–water partition coefficient (Wildman–Crippen LogP) is 2.31. The van der Waals surface area contributed by atoms with Crippen LogP contribution in [0.2, 0.25) is 0 Å². The first-order valence-corrected chi connectivity index (χ1v) is 6.87. The van der Waals surface area contributed by atoms with Gasteiger partial charge in [0.2, 0.25) is 0 Å². The van der Waals surface area contributed by atoms with Gasteiger partial charge in [0.15, 0.2) is 0 Å². The van der Waals surface area contributed by atoms with Gasteiger partial charge in [-0.05, 0) is 19.1 Å². The van der Waals surface area contributed by atoms with Crippen molar-refractivity contribution in [2.45, 2.75) is 20.0 Å². The van der Waals surface area contributed by atoms with Crippen LogP contribution in [0.3, 0.4) is 0 Å². The maximum atomic E-state index is 5.70. The predicted molar refractivity (Wildman–Crippen MR) is 77.4 cm³/mol. The van der Waals surface area contributed by atoms with E-state index in [1.165, 1.54) is 5.56 Å². The Kier molecular flexibility index (Phi) is 3.50. The number of anilines is 1. The fourth-order valence-corrected chi connectivity index (χ4v) is 2.43. The summed E-state index contributed by atoms with van der Waals surface area (Å²) in [6.07, 6.45) is 4.02. The van der Waals surface area contributed by atoms with Gasteiger partial charge in [0.25, 0.3) is 0 Å². The smallest absolute Gasteiger partial charge is 0.142 e. The van der Waals surface area contributed by atoms with E-state index in [1.807, 2.05) is 29.1 Å². The molecule has 1 aromatic heterocycles. The number of ether oxygens (including phenoxy) is 2. The molecule has 0 atom stereocenters. The molecule has 1 aliphatic rings. The van der Waals surface area contributed by atoms with Crippen molar-refractivity contribution in [2.75, 3.05) is 25.2 Å². The second-order valence-corrected chi connectivity index (χ2v) is 4.81. The summed E-state index contributed by atoms with van der Waals surface area (Å²) in [6, 6.07) is 5.92. The van der Waals surface area contributed by atoms with E-state index in [9.17, 15) is 0 Å². The molecule has 20 heavy (non-hydrogen) atoms. The van der Waals surface area contributed by atoms with Crippen molar-refractivity contribution in [3.8, 4) is 11.5 Å². The van der Waals surface area contributed by atoms with Crippen LogP contribution in [0, 0.1) is 0 Å². The highest BCUT2D eigenvalue weighted by atomic mass is 16.5. The van der Waals surface area contributed by atoms with Crippen LogP contribution in [0.4, 0.5) is 5.69 Å². The second kappa shape index (κ2) is 5.45. The van der Waals surface area contributed by atoms with E-state index in [1.54, 1.807) is 7.11 Å². The third-order valence-corrected chi connectivity index (χ3v) is 3.51. The maximum Gasteiger partial charge on any atom is 0.142 e. The van der Waals surface area contributed by atoms with Gasteiger partial charge in [0.1, 0.15) is 18.1 Å². The van der Waals surface area contributed by atoms with E-state index in [0.717, 1.165) is 36.8 Å². The van der Waals surface area contributed by atoms with Gasteiger partial charge in [-0.2, -0.15) is 5.10 Å². The average Bonchev–Trinajstić information content (AvgIpc) is 2.95. The number of methoxy groups -OCH3 is 1. The Balaban J connectivity index is 1.85. The van der Waals surface area contributed by atoms with Crippen molar-refractivity contribution in [3.63, 3.8) is 0 Å². The summed E-state index contributed by atoms with van der Waals surface area (Å²) in [5, 5.41) is 4.32. The minimum absolute atomic E-state index is 0.710. The Labute approximate surface area is 118 Å². The van der Waals surface area contributed by atoms with Gasteiger partial charge in [-0.3, -0.25) is 4.68 Å². The van der Waals surface area contributed by atoms with Crippen LogP contribution < -0.4 is 14.4 Å². The molecule has 0 saturated carbocycles. The van der Waals surface area contributed by atoms with Crippen LogP contribution in [0.15, 0.2) is 30.6 Å². The Morgan fingerprint density at radius 1 is 1.40 bits per heavy atom. The van der Waals surface area contributed by atoms with Gasteiger partial charge in [-0.15, -0.1) is 0 Å². The summed E-state index contributed by atoms with van der Waals surface area (Å²) in [5.74, 6) is 1.77. The van der Waals surface area contributed by atoms with Gasteiger partial charge in [0, 0.05) is 30.9 Å². The van der Waals surface area contributed by atoms with Crippen molar-refractivity contribution in [3.05, 3.63) is 36.2 Å². The van der Waals surface area contributed by atoms with Crippen LogP contribution in [0.5, 0.6) is 11.5 Å². The van der Waals surface area contributed by atoms with Gasteiger partial charge in [0.05, 0.1) is 25.5 Å². The molecule has 0 bridgehead atoms. The summed E-state index contributed by atoms with van der Waals surface area (Å²) in [7, 11) is 1.68. The molecule has 0 spiro atoms. The first kappa shape index (κ1) is 12.8. The third-order valence-electron chi connectivity index (χ3n) is 3.51. The third kappa shape index (κ3) is 2.43. The molecule has 2 aromatic rings. The molecule has 0 aliphatic carbocycles. The van der Waals surface area contributed by atoms with Crippen LogP contribution in [0.25, 0.3) is 0 Å². The van der Waals surface area contributed by atoms with Crippen molar-refractivity contribution >= 4 is 5.69 Å². The largest absolute Gasteiger partial charge is 0.497 e. The number of fused-ring (bicyclic) bond motifs is 1. The van der Waals surface area contributed by atoms with E-state index >= 15 is 0 Å². The Morgan fingerprint density at radius 3 is 3.05 bits per heavy atom. The molecule has 106 valence electrons. The molecule has 3 rings (SSSR count). The number of rotatable bonds is 4. The van der Waals surface area contributed by atoms with Crippen LogP contribution in [-0.2, 0) is 13.1 Å². The molecule has 0 unspecified atom stereocenters. The van der Waals surface area contributed by atoms with Gasteiger partial charge >= 0.3 is 0 Å². The summed E-state index contributed by atoms with van der Waals surface area (Å²) in [6.45, 7) is 5.40. The summed E-state index contributed by atoms with van der Waals surface area (Å²) in [4.78, 5) is 2.30. The lowest BCUT2D eigenvalue weighted by molar-refractivity contribution is 0.305. The lowest BCUT2D eigenvalue weighted by Gasteiger charge is -2.31. The molecule has 0 fully saturated rings. The molecule has 0 amide bonds. The zero-order valence-corrected chi connectivity index (χ0v) is 11.9. The van der Waals surface area contributed by atoms with E-state index in [-0.39, 0.29) is 0 Å². The Morgan fingerprint density at radius 2 is 2.30 bits per heavy atom. The van der Waals surface area contributed by atoms with Crippen LogP contribution in [-0.4, -0.2) is 30.0 Å². The number of aryl methyl sites for hydroxylation is 1. The zero-order valence-electron chi connectivity index (χ0n) is 11.9. The number of nitrogens with zero attached hydrogens (tertiary/aromatic N) is 3. The SMILES string of the molecule is CCn1cc(CN2CCOc3ccc(OC)cc32)cn1. The van der Waals surface area contributed by atoms with Crippen LogP contribution in [0.1, 0.15) is 12.5 Å². The fraction of sp³-hybridized carbons (Fsp3) is 0.400. The normalized spacial score (nSPS) is 13.8. The fourth-order valence-electron chi connectivity index (χ4n) is 2.43. The quantitative estimate of drug-likeness (QED) is 0.857. The second-order valence-electron chi connectivity index (χ2n) is 4.81. The lowest BCUT2D eigenvalue weighted by atomic mass is 10.2. The van der Waals surface area contributed by atoms with Crippen molar-refractivity contribution in [1.82, 2.24) is 9.78 Å². The lowest BCUT2D eigenvalue weighted by Crippen LogP contribution is -2.32. The van der Waals surface area contributed by atoms with E-state index in [2.05, 4.69) is 23.1 Å². The van der Waals surface area contributed by atoms with Gasteiger partial charge in [-0.1, -0.05) is 0 Å². The van der Waals surface area contributed by atoms with E-state index < -0.39 is 0 Å². The summed E-state index contributed by atoms with van der Waals surface area (Å²) < 4.78 is 12.9. The van der Waals surface area contributed by atoms with Crippen molar-refractivity contribution < 1.29 is 9.47 Å². The molecule has 5 heteroatoms. The topological polar surface area (TPSA) is 39.5 Å². The van der Waals surface area contributed by atoms with Gasteiger partial charge in [-0.25, -0.2) is 0 Å². The number of benzene rings is 1. The number of hydrogen-bond donors (Lipinski definition) is 0. The molecule has 0 radical (unpaired) electrons. The Hall–Kier alpha value is -2.17. The molecular formula is C15H19N3O2. The monoisotopic (exact) mass is 273 g/mol.